The summed E-state index contributed by atoms with van der Waals surface area (Å²) in [6.07, 6.45) is 0. The number of thiocarbonyl (C=S) groups is 1. The monoisotopic (exact) mass is 284 g/mol. The first kappa shape index (κ1) is 15.4. The molecule has 0 saturated carbocycles. The van der Waals surface area contributed by atoms with E-state index in [0.717, 1.165) is 6.07 Å². The largest absolute Gasteiger partial charge is 0.484 e. The van der Waals surface area contributed by atoms with Crippen molar-refractivity contribution in [2.45, 2.75) is 26.3 Å². The Morgan fingerprint density at radius 1 is 1.47 bits per heavy atom. The third kappa shape index (κ3) is 5.21. The second-order valence-electron chi connectivity index (χ2n) is 5.09. The minimum atomic E-state index is -0.568. The Balaban J connectivity index is 2.62. The Morgan fingerprint density at radius 2 is 2.11 bits per heavy atom. The van der Waals surface area contributed by atoms with Gasteiger partial charge in [0.2, 0.25) is 0 Å². The molecule has 0 fully saturated rings. The first-order valence-electron chi connectivity index (χ1n) is 5.72. The number of amides is 1. The average Bonchev–Trinajstić information content (AvgIpc) is 2.23. The lowest BCUT2D eigenvalue weighted by Crippen LogP contribution is -2.43. The molecular weight excluding hydrogens is 267 g/mol. The number of carbonyl (C=O) groups is 1. The minimum Gasteiger partial charge on any atom is -0.484 e. The zero-order chi connectivity index (χ0) is 14.6. The molecule has 0 atom stereocenters. The van der Waals surface area contributed by atoms with Gasteiger partial charge in [-0.2, -0.15) is 0 Å². The molecule has 6 heteroatoms. The highest BCUT2D eigenvalue weighted by Crippen LogP contribution is 2.16. The Morgan fingerprint density at radius 3 is 2.58 bits per heavy atom. The zero-order valence-corrected chi connectivity index (χ0v) is 11.9. The lowest BCUT2D eigenvalue weighted by atomic mass is 10.1. The van der Waals surface area contributed by atoms with Gasteiger partial charge in [-0.3, -0.25) is 4.79 Å². The van der Waals surface area contributed by atoms with Crippen molar-refractivity contribution in [2.75, 3.05) is 6.61 Å². The SMILES string of the molecule is CC(C)(C)NC(=O)COc1ccc(C(N)=S)c(F)c1. The highest BCUT2D eigenvalue weighted by Gasteiger charge is 2.14. The molecule has 19 heavy (non-hydrogen) atoms. The van der Waals surface area contributed by atoms with Crippen molar-refractivity contribution >= 4 is 23.1 Å². The van der Waals surface area contributed by atoms with Crippen molar-refractivity contribution in [2.24, 2.45) is 5.73 Å². The normalized spacial score (nSPS) is 10.9. The van der Waals surface area contributed by atoms with Gasteiger partial charge in [-0.25, -0.2) is 4.39 Å². The summed E-state index contributed by atoms with van der Waals surface area (Å²) >= 11 is 4.69. The molecule has 0 aromatic heterocycles. The van der Waals surface area contributed by atoms with E-state index in [-0.39, 0.29) is 34.4 Å². The first-order chi connectivity index (χ1) is 8.69. The van der Waals surface area contributed by atoms with E-state index in [4.69, 9.17) is 22.7 Å². The molecular formula is C13H17FN2O2S. The van der Waals surface area contributed by atoms with E-state index in [2.05, 4.69) is 5.32 Å². The second kappa shape index (κ2) is 5.97. The van der Waals surface area contributed by atoms with Crippen molar-refractivity contribution in [1.29, 1.82) is 0 Å². The fourth-order valence-corrected chi connectivity index (χ4v) is 1.55. The maximum absolute atomic E-state index is 13.5. The average molecular weight is 284 g/mol. The molecule has 4 nitrogen and oxygen atoms in total. The van der Waals surface area contributed by atoms with Gasteiger partial charge in [-0.1, -0.05) is 12.2 Å². The molecule has 0 bridgehead atoms. The van der Waals surface area contributed by atoms with Crippen LogP contribution in [-0.2, 0) is 4.79 Å². The summed E-state index contributed by atoms with van der Waals surface area (Å²) < 4.78 is 18.7. The van der Waals surface area contributed by atoms with Gasteiger partial charge in [-0.05, 0) is 32.9 Å². The quantitative estimate of drug-likeness (QED) is 0.827. The molecule has 0 radical (unpaired) electrons. The summed E-state index contributed by atoms with van der Waals surface area (Å²) in [5.74, 6) is -0.589. The molecule has 1 aromatic carbocycles. The lowest BCUT2D eigenvalue weighted by molar-refractivity contribution is -0.124. The van der Waals surface area contributed by atoms with Crippen LogP contribution in [0.15, 0.2) is 18.2 Å². The van der Waals surface area contributed by atoms with Gasteiger partial charge in [0.1, 0.15) is 16.6 Å². The molecule has 3 N–H and O–H groups in total. The smallest absolute Gasteiger partial charge is 0.258 e. The third-order valence-electron chi connectivity index (χ3n) is 2.09. The summed E-state index contributed by atoms with van der Waals surface area (Å²) in [6, 6.07) is 4.09. The zero-order valence-electron chi connectivity index (χ0n) is 11.1. The summed E-state index contributed by atoms with van der Waals surface area (Å²) in [6.45, 7) is 5.41. The van der Waals surface area contributed by atoms with E-state index in [1.165, 1.54) is 12.1 Å². The number of carbonyl (C=O) groups excluding carboxylic acids is 1. The molecule has 0 spiro atoms. The van der Waals surface area contributed by atoms with Gasteiger partial charge in [0.15, 0.2) is 6.61 Å². The van der Waals surface area contributed by atoms with E-state index < -0.39 is 5.82 Å². The van der Waals surface area contributed by atoms with Crippen molar-refractivity contribution in [3.8, 4) is 5.75 Å². The van der Waals surface area contributed by atoms with Crippen molar-refractivity contribution in [3.05, 3.63) is 29.6 Å². The number of hydrogen-bond acceptors (Lipinski definition) is 3. The van der Waals surface area contributed by atoms with Crippen LogP contribution in [0.5, 0.6) is 5.75 Å². The summed E-state index contributed by atoms with van der Waals surface area (Å²) in [5, 5.41) is 2.74. The molecule has 0 aliphatic rings. The number of halogens is 1. The van der Waals surface area contributed by atoms with Crippen molar-refractivity contribution in [1.82, 2.24) is 5.32 Å². The fourth-order valence-electron chi connectivity index (χ4n) is 1.39. The molecule has 1 aromatic rings. The van der Waals surface area contributed by atoms with Gasteiger partial charge in [-0.15, -0.1) is 0 Å². The van der Waals surface area contributed by atoms with Gasteiger partial charge >= 0.3 is 0 Å². The molecule has 0 aliphatic heterocycles. The molecule has 0 unspecified atom stereocenters. The highest BCUT2D eigenvalue weighted by molar-refractivity contribution is 7.80. The summed E-state index contributed by atoms with van der Waals surface area (Å²) in [7, 11) is 0. The third-order valence-corrected chi connectivity index (χ3v) is 2.31. The Bertz CT molecular complexity index is 498. The van der Waals surface area contributed by atoms with Crippen molar-refractivity contribution < 1.29 is 13.9 Å². The van der Waals surface area contributed by atoms with E-state index in [9.17, 15) is 9.18 Å². The number of ether oxygens (including phenoxy) is 1. The number of rotatable bonds is 4. The number of nitrogens with two attached hydrogens (primary N) is 1. The van der Waals surface area contributed by atoms with Gasteiger partial charge in [0, 0.05) is 17.2 Å². The van der Waals surface area contributed by atoms with E-state index >= 15 is 0 Å². The van der Waals surface area contributed by atoms with Gasteiger partial charge in [0.05, 0.1) is 0 Å². The minimum absolute atomic E-state index is 0.0190. The molecule has 104 valence electrons. The standard InChI is InChI=1S/C13H17FN2O2S/c1-13(2,3)16-11(17)7-18-8-4-5-9(12(15)19)10(14)6-8/h4-6H,7H2,1-3H3,(H2,15,19)(H,16,17). The topological polar surface area (TPSA) is 64.3 Å². The van der Waals surface area contributed by atoms with Gasteiger partial charge in [0.25, 0.3) is 5.91 Å². The molecule has 1 amide bonds. The van der Waals surface area contributed by atoms with E-state index in [1.54, 1.807) is 0 Å². The Labute approximate surface area is 117 Å². The summed E-state index contributed by atoms with van der Waals surface area (Å²) in [4.78, 5) is 11.5. The Kier molecular flexibility index (Phi) is 4.83. The fraction of sp³-hybridized carbons (Fsp3) is 0.385. The molecule has 0 heterocycles. The van der Waals surface area contributed by atoms with Crippen LogP contribution in [0.25, 0.3) is 0 Å². The molecule has 1 rings (SSSR count). The van der Waals surface area contributed by atoms with Crippen LogP contribution in [0, 0.1) is 5.82 Å². The maximum atomic E-state index is 13.5. The number of hydrogen-bond donors (Lipinski definition) is 2. The van der Waals surface area contributed by atoms with E-state index in [0.29, 0.717) is 0 Å². The maximum Gasteiger partial charge on any atom is 0.258 e. The number of nitrogens with one attached hydrogen (secondary N) is 1. The van der Waals surface area contributed by atoms with Crippen LogP contribution >= 0.6 is 12.2 Å². The van der Waals surface area contributed by atoms with Crippen LogP contribution in [0.4, 0.5) is 4.39 Å². The first-order valence-corrected chi connectivity index (χ1v) is 6.13. The summed E-state index contributed by atoms with van der Waals surface area (Å²) in [5.41, 5.74) is 5.16. The predicted molar refractivity (Wildman–Crippen MR) is 75.7 cm³/mol. The Hall–Kier alpha value is -1.69. The molecule has 0 aliphatic carbocycles. The van der Waals surface area contributed by atoms with Crippen LogP contribution in [0.3, 0.4) is 0 Å². The predicted octanol–water partition coefficient (Wildman–Crippen LogP) is 1.75. The van der Waals surface area contributed by atoms with Crippen LogP contribution < -0.4 is 15.8 Å². The molecule has 0 saturated heterocycles. The van der Waals surface area contributed by atoms with E-state index in [1.807, 2.05) is 20.8 Å². The van der Waals surface area contributed by atoms with Crippen LogP contribution in [0.1, 0.15) is 26.3 Å². The van der Waals surface area contributed by atoms with Crippen molar-refractivity contribution in [3.63, 3.8) is 0 Å². The second-order valence-corrected chi connectivity index (χ2v) is 5.53. The van der Waals surface area contributed by atoms with Crippen LogP contribution in [-0.4, -0.2) is 23.0 Å². The van der Waals surface area contributed by atoms with Gasteiger partial charge < -0.3 is 15.8 Å². The lowest BCUT2D eigenvalue weighted by Gasteiger charge is -2.20. The van der Waals surface area contributed by atoms with Crippen LogP contribution in [0.2, 0.25) is 0 Å². The number of benzene rings is 1. The highest BCUT2D eigenvalue weighted by atomic mass is 32.1.